The summed E-state index contributed by atoms with van der Waals surface area (Å²) in [6.07, 6.45) is 0. The molecule has 0 unspecified atom stereocenters. The lowest BCUT2D eigenvalue weighted by Gasteiger charge is -2.26. The minimum Gasteiger partial charge on any atom is -0.456 e. The lowest BCUT2D eigenvalue weighted by atomic mass is 10.0. The van der Waals surface area contributed by atoms with Crippen molar-refractivity contribution in [2.24, 2.45) is 0 Å². The summed E-state index contributed by atoms with van der Waals surface area (Å²) in [5.41, 5.74) is 11.8. The van der Waals surface area contributed by atoms with Crippen LogP contribution in [0.5, 0.6) is 0 Å². The van der Waals surface area contributed by atoms with Gasteiger partial charge in [-0.05, 0) is 94.2 Å². The molecular weight excluding hydrogens is 625 g/mol. The van der Waals surface area contributed by atoms with Crippen LogP contribution in [0, 0.1) is 0 Å². The van der Waals surface area contributed by atoms with Gasteiger partial charge in [-0.3, -0.25) is 0 Å². The van der Waals surface area contributed by atoms with Crippen molar-refractivity contribution < 1.29 is 8.83 Å². The Labute approximate surface area is 294 Å². The minimum atomic E-state index is 0.577. The van der Waals surface area contributed by atoms with E-state index in [4.69, 9.17) is 13.8 Å². The zero-order valence-electron chi connectivity index (χ0n) is 27.5. The van der Waals surface area contributed by atoms with E-state index in [0.29, 0.717) is 5.89 Å². The molecule has 0 bridgehead atoms. The van der Waals surface area contributed by atoms with Crippen LogP contribution in [-0.2, 0) is 0 Å². The normalized spacial score (nSPS) is 11.5. The number of aromatic nitrogens is 1. The van der Waals surface area contributed by atoms with Crippen molar-refractivity contribution >= 4 is 60.9 Å². The molecule has 10 aromatic rings. The Morgan fingerprint density at radius 2 is 1.04 bits per heavy atom. The molecular formula is C47H30N2O2. The second-order valence-corrected chi connectivity index (χ2v) is 12.8. The second-order valence-electron chi connectivity index (χ2n) is 12.8. The van der Waals surface area contributed by atoms with Crippen LogP contribution >= 0.6 is 0 Å². The fourth-order valence-electron chi connectivity index (χ4n) is 7.23. The Morgan fingerprint density at radius 3 is 1.86 bits per heavy atom. The van der Waals surface area contributed by atoms with Gasteiger partial charge in [0, 0.05) is 39.0 Å². The average Bonchev–Trinajstić information content (AvgIpc) is 3.81. The number of oxazole rings is 1. The fourth-order valence-corrected chi connectivity index (χ4v) is 7.23. The molecule has 0 N–H and O–H groups in total. The van der Waals surface area contributed by atoms with Gasteiger partial charge in [0.05, 0.1) is 0 Å². The molecule has 0 saturated heterocycles. The fraction of sp³-hybridized carbons (Fsp3) is 0. The first-order valence-corrected chi connectivity index (χ1v) is 17.1. The topological polar surface area (TPSA) is 42.4 Å². The molecule has 0 aliphatic rings. The molecule has 240 valence electrons. The van der Waals surface area contributed by atoms with Gasteiger partial charge in [0.1, 0.15) is 16.7 Å². The third kappa shape index (κ3) is 5.04. The molecule has 0 saturated carbocycles. The molecule has 0 aliphatic heterocycles. The summed E-state index contributed by atoms with van der Waals surface area (Å²) in [4.78, 5) is 7.25. The molecule has 0 amide bonds. The van der Waals surface area contributed by atoms with Gasteiger partial charge in [-0.15, -0.1) is 0 Å². The molecule has 0 radical (unpaired) electrons. The lowest BCUT2D eigenvalue weighted by molar-refractivity contribution is 0.621. The van der Waals surface area contributed by atoms with E-state index in [9.17, 15) is 0 Å². The Bertz CT molecular complexity index is 2850. The summed E-state index contributed by atoms with van der Waals surface area (Å²) >= 11 is 0. The number of para-hydroxylation sites is 3. The summed E-state index contributed by atoms with van der Waals surface area (Å²) in [6.45, 7) is 0. The van der Waals surface area contributed by atoms with E-state index < -0.39 is 0 Å². The van der Waals surface area contributed by atoms with E-state index in [1.807, 2.05) is 42.5 Å². The maximum absolute atomic E-state index is 6.59. The number of anilines is 3. The summed E-state index contributed by atoms with van der Waals surface area (Å²) < 4.78 is 12.7. The molecule has 8 aromatic carbocycles. The highest BCUT2D eigenvalue weighted by Gasteiger charge is 2.19. The summed E-state index contributed by atoms with van der Waals surface area (Å²) in [6, 6.07) is 63.4. The van der Waals surface area contributed by atoms with Crippen LogP contribution < -0.4 is 4.90 Å². The minimum absolute atomic E-state index is 0.577. The van der Waals surface area contributed by atoms with Crippen LogP contribution in [0.15, 0.2) is 191 Å². The molecule has 2 heterocycles. The van der Waals surface area contributed by atoms with Crippen molar-refractivity contribution in [3.63, 3.8) is 0 Å². The highest BCUT2D eigenvalue weighted by Crippen LogP contribution is 2.41. The SMILES string of the molecule is c1ccc(N(c2ccc(-c3ccc4ccccc4c3)cc2)c2ccc(-c3cccc4nc(-c5cccc6oc7ccccc7c56)oc34)cc2)cc1. The molecule has 10 rings (SSSR count). The molecule has 0 atom stereocenters. The second kappa shape index (κ2) is 11.9. The smallest absolute Gasteiger partial charge is 0.228 e. The Balaban J connectivity index is 1.01. The quantitative estimate of drug-likeness (QED) is 0.179. The van der Waals surface area contributed by atoms with Crippen molar-refractivity contribution in [1.82, 2.24) is 4.98 Å². The van der Waals surface area contributed by atoms with Crippen LogP contribution in [0.2, 0.25) is 0 Å². The number of furan rings is 1. The third-order valence-corrected chi connectivity index (χ3v) is 9.71. The Kier molecular flexibility index (Phi) is 6.78. The van der Waals surface area contributed by atoms with E-state index in [-0.39, 0.29) is 0 Å². The van der Waals surface area contributed by atoms with Gasteiger partial charge >= 0.3 is 0 Å². The number of nitrogens with zero attached hydrogens (tertiary/aromatic N) is 2. The zero-order valence-corrected chi connectivity index (χ0v) is 27.5. The molecule has 4 heteroatoms. The zero-order chi connectivity index (χ0) is 33.7. The van der Waals surface area contributed by atoms with E-state index in [2.05, 4.69) is 144 Å². The summed E-state index contributed by atoms with van der Waals surface area (Å²) in [7, 11) is 0. The maximum Gasteiger partial charge on any atom is 0.228 e. The number of benzene rings is 8. The number of hydrogen-bond acceptors (Lipinski definition) is 4. The van der Waals surface area contributed by atoms with Gasteiger partial charge in [-0.25, -0.2) is 4.98 Å². The Hall–Kier alpha value is -6.91. The largest absolute Gasteiger partial charge is 0.456 e. The number of rotatable bonds is 6. The van der Waals surface area contributed by atoms with E-state index in [1.165, 1.54) is 21.9 Å². The van der Waals surface area contributed by atoms with Gasteiger partial charge in [0.25, 0.3) is 0 Å². The predicted molar refractivity (Wildman–Crippen MR) is 210 cm³/mol. The van der Waals surface area contributed by atoms with Crippen molar-refractivity contribution in [2.75, 3.05) is 4.90 Å². The van der Waals surface area contributed by atoms with Crippen molar-refractivity contribution in [1.29, 1.82) is 0 Å². The van der Waals surface area contributed by atoms with Crippen LogP contribution in [-0.4, -0.2) is 4.98 Å². The Morgan fingerprint density at radius 1 is 0.412 bits per heavy atom. The van der Waals surface area contributed by atoms with Crippen LogP contribution in [0.1, 0.15) is 0 Å². The maximum atomic E-state index is 6.59. The summed E-state index contributed by atoms with van der Waals surface area (Å²) in [5, 5.41) is 4.55. The number of hydrogen-bond donors (Lipinski definition) is 0. The molecule has 2 aromatic heterocycles. The molecule has 0 aliphatic carbocycles. The van der Waals surface area contributed by atoms with Gasteiger partial charge in [0.2, 0.25) is 5.89 Å². The van der Waals surface area contributed by atoms with Crippen molar-refractivity contribution in [2.45, 2.75) is 0 Å². The van der Waals surface area contributed by atoms with Gasteiger partial charge < -0.3 is 13.7 Å². The predicted octanol–water partition coefficient (Wildman–Crippen LogP) is 13.4. The van der Waals surface area contributed by atoms with Gasteiger partial charge in [0.15, 0.2) is 5.58 Å². The molecule has 51 heavy (non-hydrogen) atoms. The number of fused-ring (bicyclic) bond motifs is 5. The monoisotopic (exact) mass is 654 g/mol. The highest BCUT2D eigenvalue weighted by molar-refractivity contribution is 6.12. The third-order valence-electron chi connectivity index (χ3n) is 9.71. The van der Waals surface area contributed by atoms with Crippen molar-refractivity contribution in [3.05, 3.63) is 182 Å². The van der Waals surface area contributed by atoms with Gasteiger partial charge in [-0.2, -0.15) is 0 Å². The standard InChI is InChI=1S/C47H30N2O2/c1-2-12-36(13-3-1)49(37-26-22-32(23-27-37)35-21-20-31-10-4-5-11-34(31)30-35)38-28-24-33(25-29-38)39-15-8-17-42-46(39)51-47(48-42)41-16-9-19-44-45(41)40-14-6-7-18-43(40)50-44/h1-30H. The van der Waals surface area contributed by atoms with Gasteiger partial charge in [-0.1, -0.05) is 115 Å². The summed E-state index contributed by atoms with van der Waals surface area (Å²) in [5.74, 6) is 0.577. The molecule has 0 fully saturated rings. The highest BCUT2D eigenvalue weighted by atomic mass is 16.4. The van der Waals surface area contributed by atoms with Crippen LogP contribution in [0.4, 0.5) is 17.1 Å². The van der Waals surface area contributed by atoms with E-state index >= 15 is 0 Å². The van der Waals surface area contributed by atoms with Crippen LogP contribution in [0.25, 0.3) is 77.5 Å². The van der Waals surface area contributed by atoms with Crippen LogP contribution in [0.3, 0.4) is 0 Å². The van der Waals surface area contributed by atoms with E-state index in [1.54, 1.807) is 0 Å². The molecule has 4 nitrogen and oxygen atoms in total. The van der Waals surface area contributed by atoms with E-state index in [0.717, 1.165) is 66.8 Å². The average molecular weight is 655 g/mol. The first-order chi connectivity index (χ1) is 25.3. The first kappa shape index (κ1) is 29.0. The molecule has 0 spiro atoms. The lowest BCUT2D eigenvalue weighted by Crippen LogP contribution is -2.09. The van der Waals surface area contributed by atoms with Crippen molar-refractivity contribution in [3.8, 4) is 33.7 Å². The first-order valence-electron chi connectivity index (χ1n) is 17.1.